The summed E-state index contributed by atoms with van der Waals surface area (Å²) >= 11 is 0. The minimum atomic E-state index is -0.197. The number of aromatic amines is 1. The number of rotatable bonds is 6. The molecule has 0 bridgehead atoms. The molecule has 0 unspecified atom stereocenters. The van der Waals surface area contributed by atoms with Crippen molar-refractivity contribution in [2.45, 2.75) is 33.1 Å². The fourth-order valence-electron chi connectivity index (χ4n) is 2.50. The number of aromatic nitrogens is 1. The van der Waals surface area contributed by atoms with E-state index >= 15 is 0 Å². The number of esters is 1. The summed E-state index contributed by atoms with van der Waals surface area (Å²) in [7, 11) is 1.41. The largest absolute Gasteiger partial charge is 0.469 e. The second-order valence-corrected chi connectivity index (χ2v) is 5.41. The van der Waals surface area contributed by atoms with Gasteiger partial charge in [0.05, 0.1) is 12.8 Å². The lowest BCUT2D eigenvalue weighted by molar-refractivity contribution is -0.140. The average Bonchev–Trinajstić information content (AvgIpc) is 3.03. The summed E-state index contributed by atoms with van der Waals surface area (Å²) < 4.78 is 4.67. The zero-order valence-corrected chi connectivity index (χ0v) is 18.6. The van der Waals surface area contributed by atoms with Crippen LogP contribution in [0.15, 0.2) is 28.0 Å². The second kappa shape index (κ2) is 13.9. The Morgan fingerprint density at radius 2 is 1.92 bits per heavy atom. The normalized spacial score (nSPS) is 13.5. The molecule has 1 aliphatic heterocycles. The maximum atomic E-state index is 11.2. The monoisotopic (exact) mass is 497 g/mol. The third kappa shape index (κ3) is 7.16. The number of carbonyl (C=O) groups is 1. The molecule has 0 spiro atoms. The number of nitrogens with one attached hydrogen (secondary N) is 1. The third-order valence-electron chi connectivity index (χ3n) is 4.03. The molecule has 0 aliphatic carbocycles. The zero-order chi connectivity index (χ0) is 16.1. The molecule has 9 heteroatoms. The molecule has 0 saturated carbocycles. The minimum Gasteiger partial charge on any atom is -0.469 e. The van der Waals surface area contributed by atoms with Crippen LogP contribution in [0, 0.1) is 6.92 Å². The van der Waals surface area contributed by atoms with Crippen molar-refractivity contribution in [3.8, 4) is 0 Å². The van der Waals surface area contributed by atoms with E-state index in [1.165, 1.54) is 18.2 Å². The van der Waals surface area contributed by atoms with Crippen molar-refractivity contribution in [2.24, 2.45) is 10.7 Å². The first-order valence-electron chi connectivity index (χ1n) is 7.46. The molecule has 0 aromatic carbocycles. The first-order chi connectivity index (χ1) is 10.6. The van der Waals surface area contributed by atoms with Gasteiger partial charge in [-0.25, -0.2) is 0 Å². The van der Waals surface area contributed by atoms with Gasteiger partial charge in [-0.1, -0.05) is 0 Å². The van der Waals surface area contributed by atoms with Gasteiger partial charge in [0.25, 0.3) is 0 Å². The van der Waals surface area contributed by atoms with E-state index in [4.69, 9.17) is 5.73 Å². The van der Waals surface area contributed by atoms with Crippen molar-refractivity contribution < 1.29 is 20.5 Å². The lowest BCUT2D eigenvalue weighted by Crippen LogP contribution is -2.02. The van der Waals surface area contributed by atoms with E-state index in [1.54, 1.807) is 0 Å². The summed E-state index contributed by atoms with van der Waals surface area (Å²) in [5, 5.41) is 0. The molecule has 1 aromatic heterocycles. The van der Waals surface area contributed by atoms with E-state index < -0.39 is 0 Å². The summed E-state index contributed by atoms with van der Waals surface area (Å²) in [4.78, 5) is 19.0. The van der Waals surface area contributed by atoms with Gasteiger partial charge in [-0.2, -0.15) is 0 Å². The van der Waals surface area contributed by atoms with Gasteiger partial charge >= 0.3 is 5.97 Å². The number of hydrogen-bond acceptors (Lipinski definition) is 4. The highest BCUT2D eigenvalue weighted by Crippen LogP contribution is 2.27. The number of hydrogen-bond donors (Lipinski definition) is 2. The standard InChI is InChI=1S/C17H23N3O2.2BrH.2H2O/c1-11-13(4-5-17(21)22-3)9-19-15(11)8-16-12(2)14(6-7-18)10-20-16;;;;/h8-10,20H,4-7,18H2,1-3H3;2*1H;2*1H2/b15-8+;;;;. The van der Waals surface area contributed by atoms with Crippen LogP contribution >= 0.6 is 34.0 Å². The SMILES string of the molecule is Br.Br.COC(=O)CCC1=C(C)/C(=C\c2[nH]cc(CCN)c2C)N=C1.O.O. The van der Waals surface area contributed by atoms with Crippen molar-refractivity contribution in [3.63, 3.8) is 0 Å². The summed E-state index contributed by atoms with van der Waals surface area (Å²) in [6, 6.07) is 0. The number of methoxy groups -OCH3 is 1. The lowest BCUT2D eigenvalue weighted by atomic mass is 10.0. The van der Waals surface area contributed by atoms with Gasteiger partial charge in [0.2, 0.25) is 0 Å². The summed E-state index contributed by atoms with van der Waals surface area (Å²) in [6.45, 7) is 4.76. The number of allylic oxidation sites excluding steroid dienone is 2. The second-order valence-electron chi connectivity index (χ2n) is 5.41. The van der Waals surface area contributed by atoms with Gasteiger partial charge in [0.1, 0.15) is 0 Å². The molecule has 0 saturated heterocycles. The molecule has 2 rings (SSSR count). The van der Waals surface area contributed by atoms with Crippen molar-refractivity contribution in [1.82, 2.24) is 4.98 Å². The molecule has 0 fully saturated rings. The van der Waals surface area contributed by atoms with E-state index in [-0.39, 0.29) is 50.9 Å². The Balaban J connectivity index is -0.00000132. The highest BCUT2D eigenvalue weighted by molar-refractivity contribution is 8.93. The van der Waals surface area contributed by atoms with Crippen LogP contribution in [0.25, 0.3) is 6.08 Å². The van der Waals surface area contributed by atoms with E-state index in [0.29, 0.717) is 19.4 Å². The van der Waals surface area contributed by atoms with Crippen LogP contribution in [0.5, 0.6) is 0 Å². The molecule has 7 N–H and O–H groups in total. The Morgan fingerprint density at radius 3 is 2.50 bits per heavy atom. The zero-order valence-electron chi connectivity index (χ0n) is 15.2. The number of H-pyrrole nitrogens is 1. The minimum absolute atomic E-state index is 0. The molecule has 26 heavy (non-hydrogen) atoms. The van der Waals surface area contributed by atoms with Crippen molar-refractivity contribution >= 4 is 52.2 Å². The molecule has 0 atom stereocenters. The van der Waals surface area contributed by atoms with Gasteiger partial charge in [0.15, 0.2) is 0 Å². The maximum absolute atomic E-state index is 11.2. The lowest BCUT2D eigenvalue weighted by Gasteiger charge is -2.02. The maximum Gasteiger partial charge on any atom is 0.305 e. The van der Waals surface area contributed by atoms with Crippen LogP contribution in [0.4, 0.5) is 0 Å². The van der Waals surface area contributed by atoms with Crippen LogP contribution in [0.3, 0.4) is 0 Å². The van der Waals surface area contributed by atoms with Crippen molar-refractivity contribution in [2.75, 3.05) is 13.7 Å². The van der Waals surface area contributed by atoms with E-state index in [9.17, 15) is 4.79 Å². The van der Waals surface area contributed by atoms with E-state index in [0.717, 1.165) is 29.0 Å². The highest BCUT2D eigenvalue weighted by atomic mass is 79.9. The van der Waals surface area contributed by atoms with Gasteiger partial charge in [-0.3, -0.25) is 9.79 Å². The molecule has 150 valence electrons. The molecular formula is C17H29Br2N3O4. The Labute approximate surface area is 174 Å². The van der Waals surface area contributed by atoms with Crippen LogP contribution in [-0.2, 0) is 16.0 Å². The fourth-order valence-corrected chi connectivity index (χ4v) is 2.50. The predicted octanol–water partition coefficient (Wildman–Crippen LogP) is 2.03. The smallest absolute Gasteiger partial charge is 0.305 e. The quantitative estimate of drug-likeness (QED) is 0.578. The van der Waals surface area contributed by atoms with E-state index in [2.05, 4.69) is 21.6 Å². The van der Waals surface area contributed by atoms with Gasteiger partial charge in [0, 0.05) is 24.5 Å². The molecule has 1 aliphatic rings. The first kappa shape index (κ1) is 29.5. The topological polar surface area (TPSA) is 143 Å². The van der Waals surface area contributed by atoms with Gasteiger partial charge < -0.3 is 26.4 Å². The van der Waals surface area contributed by atoms with Gasteiger partial charge in [-0.05, 0) is 61.6 Å². The Bertz CT molecular complexity index is 667. The average molecular weight is 499 g/mol. The summed E-state index contributed by atoms with van der Waals surface area (Å²) in [5.74, 6) is -0.197. The number of nitrogens with zero attached hydrogens (tertiary/aromatic N) is 1. The molecule has 0 amide bonds. The van der Waals surface area contributed by atoms with Crippen LogP contribution in [0.1, 0.15) is 36.6 Å². The van der Waals surface area contributed by atoms with E-state index in [1.807, 2.05) is 25.4 Å². The number of halogens is 2. The van der Waals surface area contributed by atoms with Crippen molar-refractivity contribution in [3.05, 3.63) is 39.9 Å². The Morgan fingerprint density at radius 1 is 1.27 bits per heavy atom. The van der Waals surface area contributed by atoms with Crippen LogP contribution < -0.4 is 5.73 Å². The number of aliphatic imine (C=N–C) groups is 1. The Hall–Kier alpha value is -1.26. The molecule has 1 aromatic rings. The van der Waals surface area contributed by atoms with Crippen molar-refractivity contribution in [1.29, 1.82) is 0 Å². The number of nitrogens with two attached hydrogens (primary N) is 1. The third-order valence-corrected chi connectivity index (χ3v) is 4.03. The summed E-state index contributed by atoms with van der Waals surface area (Å²) in [5.41, 5.74) is 12.3. The highest BCUT2D eigenvalue weighted by Gasteiger charge is 2.14. The number of ether oxygens (including phenoxy) is 1. The molecule has 2 heterocycles. The Kier molecular flexibility index (Phi) is 15.7. The first-order valence-corrected chi connectivity index (χ1v) is 7.46. The fraction of sp³-hybridized carbons (Fsp3) is 0.412. The molecule has 0 radical (unpaired) electrons. The van der Waals surface area contributed by atoms with Crippen LogP contribution in [-0.4, -0.2) is 41.8 Å². The predicted molar refractivity (Wildman–Crippen MR) is 117 cm³/mol. The van der Waals surface area contributed by atoms with Crippen LogP contribution in [0.2, 0.25) is 0 Å². The summed E-state index contributed by atoms with van der Waals surface area (Å²) in [6.07, 6.45) is 7.79. The van der Waals surface area contributed by atoms with Gasteiger partial charge in [-0.15, -0.1) is 34.0 Å². The molecule has 7 nitrogen and oxygen atoms in total. The molecular weight excluding hydrogens is 470 g/mol. The number of carbonyl (C=O) groups excluding carboxylic acids is 1.